The van der Waals surface area contributed by atoms with Gasteiger partial charge in [0.15, 0.2) is 0 Å². The van der Waals surface area contributed by atoms with Gasteiger partial charge in [-0.05, 0) is 56.9 Å². The molecule has 0 amide bonds. The highest BCUT2D eigenvalue weighted by Gasteiger charge is 2.18. The largest absolute Gasteiger partial charge is 0.192 e. The van der Waals surface area contributed by atoms with Crippen molar-refractivity contribution < 1.29 is 0 Å². The predicted molar refractivity (Wildman–Crippen MR) is 66.8 cm³/mol. The van der Waals surface area contributed by atoms with Gasteiger partial charge in [-0.15, -0.1) is 0 Å². The average Bonchev–Trinajstić information content (AvgIpc) is 2.42. The fraction of sp³-hybridized carbons (Fsp3) is 0.600. The first kappa shape index (κ1) is 11.9. The molecule has 2 aliphatic carbocycles. The zero-order chi connectivity index (χ0) is 12.1. The molecule has 2 heteroatoms. The first-order valence-corrected chi connectivity index (χ1v) is 6.57. The van der Waals surface area contributed by atoms with Gasteiger partial charge in [-0.1, -0.05) is 17.6 Å². The zero-order valence-electron chi connectivity index (χ0n) is 10.3. The second kappa shape index (κ2) is 5.69. The number of allylic oxidation sites excluding steroid dienone is 4. The molecule has 0 atom stereocenters. The first-order valence-electron chi connectivity index (χ1n) is 6.57. The van der Waals surface area contributed by atoms with E-state index in [0.717, 1.165) is 31.3 Å². The van der Waals surface area contributed by atoms with Gasteiger partial charge in [-0.3, -0.25) is 0 Å². The topological polar surface area (TPSA) is 47.6 Å². The molecule has 2 fully saturated rings. The van der Waals surface area contributed by atoms with Crippen molar-refractivity contribution in [3.05, 3.63) is 22.3 Å². The van der Waals surface area contributed by atoms with Gasteiger partial charge in [0.25, 0.3) is 0 Å². The summed E-state index contributed by atoms with van der Waals surface area (Å²) in [6.07, 6.45) is 10.7. The summed E-state index contributed by atoms with van der Waals surface area (Å²) in [4.78, 5) is 0. The Morgan fingerprint density at radius 1 is 0.706 bits per heavy atom. The molecule has 0 radical (unpaired) electrons. The third kappa shape index (κ3) is 2.77. The molecule has 2 aliphatic rings. The minimum Gasteiger partial charge on any atom is -0.192 e. The molecule has 0 saturated heterocycles. The van der Waals surface area contributed by atoms with E-state index < -0.39 is 0 Å². The number of hydrogen-bond donors (Lipinski definition) is 0. The molecule has 0 aromatic heterocycles. The maximum atomic E-state index is 8.85. The summed E-state index contributed by atoms with van der Waals surface area (Å²) in [6.45, 7) is 0. The Bertz CT molecular complexity index is 405. The molecule has 0 aromatic carbocycles. The third-order valence-electron chi connectivity index (χ3n) is 3.99. The molecular formula is C15H18N2. The van der Waals surface area contributed by atoms with Gasteiger partial charge in [0.2, 0.25) is 0 Å². The van der Waals surface area contributed by atoms with Gasteiger partial charge >= 0.3 is 0 Å². The SMILES string of the molecule is N#CC(C#N)=C1CCC(=C2CCCCC2)CC1. The fourth-order valence-corrected chi connectivity index (χ4v) is 2.97. The molecule has 0 unspecified atom stereocenters. The van der Waals surface area contributed by atoms with Crippen molar-refractivity contribution in [1.29, 1.82) is 10.5 Å². The summed E-state index contributed by atoms with van der Waals surface area (Å²) >= 11 is 0. The van der Waals surface area contributed by atoms with Crippen LogP contribution >= 0.6 is 0 Å². The Morgan fingerprint density at radius 3 is 1.76 bits per heavy atom. The zero-order valence-corrected chi connectivity index (χ0v) is 10.3. The Balaban J connectivity index is 2.06. The van der Waals surface area contributed by atoms with Crippen LogP contribution in [0.2, 0.25) is 0 Å². The molecule has 0 aromatic rings. The van der Waals surface area contributed by atoms with Crippen molar-refractivity contribution in [2.45, 2.75) is 57.8 Å². The summed E-state index contributed by atoms with van der Waals surface area (Å²) in [7, 11) is 0. The fourth-order valence-electron chi connectivity index (χ4n) is 2.97. The second-order valence-electron chi connectivity index (χ2n) is 4.97. The van der Waals surface area contributed by atoms with E-state index in [1.165, 1.54) is 32.1 Å². The maximum Gasteiger partial charge on any atom is 0.128 e. The molecule has 2 saturated carbocycles. The molecule has 0 aliphatic heterocycles. The van der Waals surface area contributed by atoms with Crippen molar-refractivity contribution in [3.8, 4) is 12.1 Å². The van der Waals surface area contributed by atoms with Crippen LogP contribution in [-0.2, 0) is 0 Å². The Morgan fingerprint density at radius 2 is 1.24 bits per heavy atom. The smallest absolute Gasteiger partial charge is 0.128 e. The summed E-state index contributed by atoms with van der Waals surface area (Å²) in [5.41, 5.74) is 4.75. The highest BCUT2D eigenvalue weighted by Crippen LogP contribution is 2.36. The van der Waals surface area contributed by atoms with Gasteiger partial charge in [-0.25, -0.2) is 0 Å². The third-order valence-corrected chi connectivity index (χ3v) is 3.99. The summed E-state index contributed by atoms with van der Waals surface area (Å²) in [5, 5.41) is 17.7. The minimum absolute atomic E-state index is 0.359. The number of nitrogens with zero attached hydrogens (tertiary/aromatic N) is 2. The van der Waals surface area contributed by atoms with Gasteiger partial charge in [0.05, 0.1) is 0 Å². The monoisotopic (exact) mass is 226 g/mol. The normalized spacial score (nSPS) is 20.7. The van der Waals surface area contributed by atoms with Crippen LogP contribution in [0, 0.1) is 22.7 Å². The maximum absolute atomic E-state index is 8.85. The van der Waals surface area contributed by atoms with E-state index in [9.17, 15) is 0 Å². The minimum atomic E-state index is 0.359. The van der Waals surface area contributed by atoms with Gasteiger partial charge in [0.1, 0.15) is 17.7 Å². The molecule has 0 N–H and O–H groups in total. The van der Waals surface area contributed by atoms with Crippen molar-refractivity contribution >= 4 is 0 Å². The molecule has 0 heterocycles. The van der Waals surface area contributed by atoms with Gasteiger partial charge < -0.3 is 0 Å². The quantitative estimate of drug-likeness (QED) is 0.460. The second-order valence-corrected chi connectivity index (χ2v) is 4.97. The Kier molecular flexibility index (Phi) is 3.99. The standard InChI is InChI=1S/C15H18N2/c16-10-15(11-17)14-8-6-13(7-9-14)12-4-2-1-3-5-12/h1-9H2. The Hall–Kier alpha value is -1.54. The van der Waals surface area contributed by atoms with E-state index in [0.29, 0.717) is 5.57 Å². The van der Waals surface area contributed by atoms with E-state index >= 15 is 0 Å². The van der Waals surface area contributed by atoms with Gasteiger partial charge in [0, 0.05) is 0 Å². The molecule has 88 valence electrons. The van der Waals surface area contributed by atoms with E-state index in [2.05, 4.69) is 0 Å². The van der Waals surface area contributed by atoms with Crippen LogP contribution in [0.5, 0.6) is 0 Å². The van der Waals surface area contributed by atoms with Crippen molar-refractivity contribution in [3.63, 3.8) is 0 Å². The van der Waals surface area contributed by atoms with E-state index in [4.69, 9.17) is 10.5 Å². The number of nitriles is 2. The Labute approximate surface area is 103 Å². The van der Waals surface area contributed by atoms with E-state index in [1.807, 2.05) is 12.1 Å². The van der Waals surface area contributed by atoms with Crippen molar-refractivity contribution in [2.24, 2.45) is 0 Å². The van der Waals surface area contributed by atoms with Crippen LogP contribution in [0.1, 0.15) is 57.8 Å². The lowest BCUT2D eigenvalue weighted by Gasteiger charge is -2.24. The van der Waals surface area contributed by atoms with E-state index in [1.54, 1.807) is 11.1 Å². The number of hydrogen-bond acceptors (Lipinski definition) is 2. The summed E-state index contributed by atoms with van der Waals surface area (Å²) in [5.74, 6) is 0. The van der Waals surface area contributed by atoms with Crippen LogP contribution in [0.3, 0.4) is 0 Å². The summed E-state index contributed by atoms with van der Waals surface area (Å²) in [6, 6.07) is 4.04. The first-order chi connectivity index (χ1) is 8.35. The van der Waals surface area contributed by atoms with Crippen LogP contribution in [-0.4, -0.2) is 0 Å². The predicted octanol–water partition coefficient (Wildman–Crippen LogP) is 4.16. The summed E-state index contributed by atoms with van der Waals surface area (Å²) < 4.78 is 0. The van der Waals surface area contributed by atoms with Crippen LogP contribution in [0.25, 0.3) is 0 Å². The molecular weight excluding hydrogens is 208 g/mol. The highest BCUT2D eigenvalue weighted by atomic mass is 14.3. The van der Waals surface area contributed by atoms with Gasteiger partial charge in [-0.2, -0.15) is 10.5 Å². The van der Waals surface area contributed by atoms with Crippen LogP contribution in [0.4, 0.5) is 0 Å². The molecule has 0 bridgehead atoms. The number of rotatable bonds is 0. The van der Waals surface area contributed by atoms with Crippen molar-refractivity contribution in [2.75, 3.05) is 0 Å². The lowest BCUT2D eigenvalue weighted by Crippen LogP contribution is -2.05. The molecule has 0 spiro atoms. The molecule has 2 rings (SSSR count). The highest BCUT2D eigenvalue weighted by molar-refractivity contribution is 5.41. The molecule has 17 heavy (non-hydrogen) atoms. The van der Waals surface area contributed by atoms with E-state index in [-0.39, 0.29) is 0 Å². The van der Waals surface area contributed by atoms with Crippen molar-refractivity contribution in [1.82, 2.24) is 0 Å². The average molecular weight is 226 g/mol. The lowest BCUT2D eigenvalue weighted by atomic mass is 9.81. The van der Waals surface area contributed by atoms with Crippen LogP contribution < -0.4 is 0 Å². The lowest BCUT2D eigenvalue weighted by molar-refractivity contribution is 0.576. The molecule has 2 nitrogen and oxygen atoms in total. The van der Waals surface area contributed by atoms with Crippen LogP contribution in [0.15, 0.2) is 22.3 Å².